The first kappa shape index (κ1) is 10.1. The van der Waals surface area contributed by atoms with Gasteiger partial charge in [-0.3, -0.25) is 4.68 Å². The summed E-state index contributed by atoms with van der Waals surface area (Å²) in [5.41, 5.74) is 2.06. The molecule has 1 aromatic rings. The van der Waals surface area contributed by atoms with Gasteiger partial charge in [0.05, 0.1) is 17.5 Å². The molecule has 74 valence electrons. The molecule has 1 unspecified atom stereocenters. The minimum absolute atomic E-state index is 0.329. The van der Waals surface area contributed by atoms with E-state index in [9.17, 15) is 0 Å². The summed E-state index contributed by atoms with van der Waals surface area (Å²) in [6, 6.07) is 0. The maximum atomic E-state index is 9.09. The molecule has 4 heteroatoms. The van der Waals surface area contributed by atoms with Crippen molar-refractivity contribution >= 4 is 5.69 Å². The molecule has 0 saturated heterocycles. The van der Waals surface area contributed by atoms with Crippen molar-refractivity contribution in [1.29, 1.82) is 0 Å². The predicted octanol–water partition coefficient (Wildman–Crippen LogP) is 0.775. The molecular formula is C9H17N3O. The number of aryl methyl sites for hydroxylation is 2. The maximum absolute atomic E-state index is 9.09. The van der Waals surface area contributed by atoms with Crippen LogP contribution in [0.15, 0.2) is 6.20 Å². The molecule has 0 aliphatic heterocycles. The fourth-order valence-electron chi connectivity index (χ4n) is 1.20. The minimum Gasteiger partial charge on any atom is -0.392 e. The third-order valence-electron chi connectivity index (χ3n) is 1.83. The summed E-state index contributed by atoms with van der Waals surface area (Å²) in [5, 5.41) is 16.5. The Hall–Kier alpha value is -1.03. The summed E-state index contributed by atoms with van der Waals surface area (Å²) in [6.07, 6.45) is 2.51. The Morgan fingerprint density at radius 2 is 2.38 bits per heavy atom. The number of aliphatic hydroxyl groups is 1. The van der Waals surface area contributed by atoms with E-state index in [4.69, 9.17) is 5.11 Å². The largest absolute Gasteiger partial charge is 0.392 e. The molecule has 0 radical (unpaired) electrons. The number of nitrogens with one attached hydrogen (secondary N) is 1. The van der Waals surface area contributed by atoms with Crippen LogP contribution < -0.4 is 5.32 Å². The highest BCUT2D eigenvalue weighted by atomic mass is 16.3. The summed E-state index contributed by atoms with van der Waals surface area (Å²) in [4.78, 5) is 0. The van der Waals surface area contributed by atoms with Crippen LogP contribution in [0.3, 0.4) is 0 Å². The lowest BCUT2D eigenvalue weighted by Gasteiger charge is -2.06. The summed E-state index contributed by atoms with van der Waals surface area (Å²) < 4.78 is 1.78. The molecule has 4 nitrogen and oxygen atoms in total. The molecule has 0 aliphatic carbocycles. The van der Waals surface area contributed by atoms with E-state index in [0.717, 1.165) is 17.8 Å². The lowest BCUT2D eigenvalue weighted by molar-refractivity contribution is 0.208. The Bertz CT molecular complexity index is 268. The molecule has 1 aromatic heterocycles. The summed E-state index contributed by atoms with van der Waals surface area (Å²) >= 11 is 0. The lowest BCUT2D eigenvalue weighted by atomic mass is 10.3. The van der Waals surface area contributed by atoms with E-state index in [0.29, 0.717) is 6.54 Å². The van der Waals surface area contributed by atoms with Crippen molar-refractivity contribution in [2.24, 2.45) is 7.05 Å². The van der Waals surface area contributed by atoms with E-state index >= 15 is 0 Å². The number of hydrogen-bond acceptors (Lipinski definition) is 3. The molecule has 0 bridgehead atoms. The quantitative estimate of drug-likeness (QED) is 0.725. The third kappa shape index (κ3) is 2.73. The van der Waals surface area contributed by atoms with Crippen LogP contribution >= 0.6 is 0 Å². The molecule has 13 heavy (non-hydrogen) atoms. The Labute approximate surface area is 78.6 Å². The topological polar surface area (TPSA) is 50.1 Å². The molecule has 0 spiro atoms. The fraction of sp³-hybridized carbons (Fsp3) is 0.667. The van der Waals surface area contributed by atoms with Crippen molar-refractivity contribution < 1.29 is 5.11 Å². The van der Waals surface area contributed by atoms with Crippen LogP contribution in [0.5, 0.6) is 0 Å². The zero-order valence-corrected chi connectivity index (χ0v) is 8.41. The summed E-state index contributed by atoms with van der Waals surface area (Å²) in [7, 11) is 1.90. The maximum Gasteiger partial charge on any atom is 0.0853 e. The fourth-order valence-corrected chi connectivity index (χ4v) is 1.20. The first-order chi connectivity index (χ1) is 6.13. The van der Waals surface area contributed by atoms with Crippen LogP contribution in [-0.4, -0.2) is 27.5 Å². The minimum atomic E-state index is -0.329. The van der Waals surface area contributed by atoms with Gasteiger partial charge >= 0.3 is 0 Å². The van der Waals surface area contributed by atoms with Crippen LogP contribution in [0.1, 0.15) is 19.5 Å². The van der Waals surface area contributed by atoms with Gasteiger partial charge < -0.3 is 10.4 Å². The van der Waals surface area contributed by atoms with Crippen LogP contribution in [-0.2, 0) is 13.5 Å². The highest BCUT2D eigenvalue weighted by Gasteiger charge is 2.05. The SMILES string of the molecule is CCc1nn(C)cc1NCC(C)O. The van der Waals surface area contributed by atoms with Gasteiger partial charge in [-0.1, -0.05) is 6.92 Å². The average molecular weight is 183 g/mol. The van der Waals surface area contributed by atoms with Crippen molar-refractivity contribution in [3.05, 3.63) is 11.9 Å². The predicted molar refractivity (Wildman–Crippen MR) is 52.8 cm³/mol. The Balaban J connectivity index is 2.64. The number of aromatic nitrogens is 2. The molecule has 0 aliphatic rings. The monoisotopic (exact) mass is 183 g/mol. The van der Waals surface area contributed by atoms with Crippen molar-refractivity contribution in [3.63, 3.8) is 0 Å². The lowest BCUT2D eigenvalue weighted by Crippen LogP contribution is -2.15. The third-order valence-corrected chi connectivity index (χ3v) is 1.83. The van der Waals surface area contributed by atoms with Gasteiger partial charge in [0.1, 0.15) is 0 Å². The van der Waals surface area contributed by atoms with E-state index in [1.165, 1.54) is 0 Å². The van der Waals surface area contributed by atoms with Gasteiger partial charge in [-0.25, -0.2) is 0 Å². The van der Waals surface area contributed by atoms with Gasteiger partial charge in [-0.15, -0.1) is 0 Å². The number of nitrogens with zero attached hydrogens (tertiary/aromatic N) is 2. The van der Waals surface area contributed by atoms with Gasteiger partial charge in [0.25, 0.3) is 0 Å². The molecule has 1 rings (SSSR count). The molecule has 1 heterocycles. The summed E-state index contributed by atoms with van der Waals surface area (Å²) in [5.74, 6) is 0. The number of aliphatic hydroxyl groups excluding tert-OH is 1. The summed E-state index contributed by atoms with van der Waals surface area (Å²) in [6.45, 7) is 4.39. The smallest absolute Gasteiger partial charge is 0.0853 e. The van der Waals surface area contributed by atoms with Gasteiger partial charge in [0, 0.05) is 19.8 Å². The highest BCUT2D eigenvalue weighted by Crippen LogP contribution is 2.13. The Kier molecular flexibility index (Phi) is 3.31. The number of hydrogen-bond donors (Lipinski definition) is 2. The van der Waals surface area contributed by atoms with Gasteiger partial charge in [-0.2, -0.15) is 5.10 Å². The highest BCUT2D eigenvalue weighted by molar-refractivity contribution is 5.46. The molecule has 0 fully saturated rings. The normalized spacial score (nSPS) is 12.9. The molecule has 0 saturated carbocycles. The van der Waals surface area contributed by atoms with E-state index in [2.05, 4.69) is 17.3 Å². The first-order valence-corrected chi connectivity index (χ1v) is 4.58. The second-order valence-electron chi connectivity index (χ2n) is 3.25. The zero-order valence-electron chi connectivity index (χ0n) is 8.41. The van der Waals surface area contributed by atoms with Crippen LogP contribution in [0.2, 0.25) is 0 Å². The molecule has 0 aromatic carbocycles. The zero-order chi connectivity index (χ0) is 9.84. The standard InChI is InChI=1S/C9H17N3O/c1-4-8-9(6-12(3)11-8)10-5-7(2)13/h6-7,10,13H,4-5H2,1-3H3. The Morgan fingerprint density at radius 3 is 2.92 bits per heavy atom. The van der Waals surface area contributed by atoms with E-state index in [-0.39, 0.29) is 6.10 Å². The van der Waals surface area contributed by atoms with Crippen LogP contribution in [0.4, 0.5) is 5.69 Å². The van der Waals surface area contributed by atoms with Crippen molar-refractivity contribution in [1.82, 2.24) is 9.78 Å². The van der Waals surface area contributed by atoms with E-state index < -0.39 is 0 Å². The van der Waals surface area contributed by atoms with Crippen molar-refractivity contribution in [2.45, 2.75) is 26.4 Å². The molecule has 0 amide bonds. The Morgan fingerprint density at radius 1 is 1.69 bits per heavy atom. The van der Waals surface area contributed by atoms with Crippen LogP contribution in [0, 0.1) is 0 Å². The van der Waals surface area contributed by atoms with Crippen molar-refractivity contribution in [3.8, 4) is 0 Å². The van der Waals surface area contributed by atoms with Gasteiger partial charge in [-0.05, 0) is 13.3 Å². The number of anilines is 1. The van der Waals surface area contributed by atoms with E-state index in [1.807, 2.05) is 13.2 Å². The van der Waals surface area contributed by atoms with Gasteiger partial charge in [0.2, 0.25) is 0 Å². The van der Waals surface area contributed by atoms with E-state index in [1.54, 1.807) is 11.6 Å². The molecule has 2 N–H and O–H groups in total. The van der Waals surface area contributed by atoms with Crippen LogP contribution in [0.25, 0.3) is 0 Å². The number of rotatable bonds is 4. The second-order valence-corrected chi connectivity index (χ2v) is 3.25. The molecular weight excluding hydrogens is 166 g/mol. The second kappa shape index (κ2) is 4.28. The molecule has 1 atom stereocenters. The van der Waals surface area contributed by atoms with Crippen molar-refractivity contribution in [2.75, 3.05) is 11.9 Å². The first-order valence-electron chi connectivity index (χ1n) is 4.58. The average Bonchev–Trinajstić information content (AvgIpc) is 2.42. The van der Waals surface area contributed by atoms with Gasteiger partial charge in [0.15, 0.2) is 0 Å².